The summed E-state index contributed by atoms with van der Waals surface area (Å²) in [5, 5.41) is 2.19. The van der Waals surface area contributed by atoms with Crippen LogP contribution in [0.1, 0.15) is 31.9 Å². The molecule has 3 N–H and O–H groups in total. The number of aryl methyl sites for hydroxylation is 1. The second-order valence-electron chi connectivity index (χ2n) is 6.85. The molecule has 0 unspecified atom stereocenters. The third-order valence-electron chi connectivity index (χ3n) is 3.53. The second kappa shape index (κ2) is 6.72. The van der Waals surface area contributed by atoms with E-state index in [4.69, 9.17) is 0 Å². The molecule has 2 aromatic rings. The van der Waals surface area contributed by atoms with E-state index in [0.29, 0.717) is 5.69 Å². The molecule has 2 rings (SSSR count). The summed E-state index contributed by atoms with van der Waals surface area (Å²) in [5.74, 6) is 0. The summed E-state index contributed by atoms with van der Waals surface area (Å²) in [6.45, 7) is 9.04. The predicted octanol–water partition coefficient (Wildman–Crippen LogP) is 2.66. The van der Waals surface area contributed by atoms with Crippen LogP contribution in [0.15, 0.2) is 53.4 Å². The largest absolute Gasteiger partial charge is 0.338 e. The van der Waals surface area contributed by atoms with Gasteiger partial charge in [0.25, 0.3) is 10.0 Å². The summed E-state index contributed by atoms with van der Waals surface area (Å²) in [7, 11) is -3.57. The van der Waals surface area contributed by atoms with Gasteiger partial charge in [-0.2, -0.15) is 0 Å². The maximum Gasteiger partial charge on any atom is 0.261 e. The highest BCUT2D eigenvalue weighted by molar-refractivity contribution is 7.92. The van der Waals surface area contributed by atoms with Gasteiger partial charge in [0.2, 0.25) is 0 Å². The number of para-hydroxylation sites is 1. The minimum atomic E-state index is -3.57. The van der Waals surface area contributed by atoms with Crippen molar-refractivity contribution in [2.45, 2.75) is 44.7 Å². The molecule has 0 bridgehead atoms. The van der Waals surface area contributed by atoms with Gasteiger partial charge in [0.05, 0.1) is 16.1 Å². The molecule has 0 heterocycles. The fourth-order valence-corrected chi connectivity index (χ4v) is 3.24. The SMILES string of the molecule is Cc1ccc(S(=O)(=O)Nc2ccccc2C[NH2+]C(C)(C)C)cc1. The number of hydrogen-bond acceptors (Lipinski definition) is 2. The van der Waals surface area contributed by atoms with Gasteiger partial charge in [-0.05, 0) is 45.9 Å². The van der Waals surface area contributed by atoms with E-state index in [0.717, 1.165) is 17.7 Å². The van der Waals surface area contributed by atoms with E-state index >= 15 is 0 Å². The molecule has 0 saturated heterocycles. The lowest BCUT2D eigenvalue weighted by Crippen LogP contribution is -2.92. The number of rotatable bonds is 5. The fourth-order valence-electron chi connectivity index (χ4n) is 2.14. The lowest BCUT2D eigenvalue weighted by Gasteiger charge is -2.18. The Kier molecular flexibility index (Phi) is 5.12. The van der Waals surface area contributed by atoms with Gasteiger partial charge in [0.1, 0.15) is 6.54 Å². The zero-order valence-corrected chi connectivity index (χ0v) is 14.9. The standard InChI is InChI=1S/C18H24N2O2S/c1-14-9-11-16(12-10-14)23(21,22)20-17-8-6-5-7-15(17)13-19-18(2,3)4/h5-12,19-20H,13H2,1-4H3/p+1. The normalized spacial score (nSPS) is 12.2. The number of benzene rings is 2. The summed E-state index contributed by atoms with van der Waals surface area (Å²) in [6, 6.07) is 14.4. The van der Waals surface area contributed by atoms with Crippen LogP contribution in [0.2, 0.25) is 0 Å². The lowest BCUT2D eigenvalue weighted by atomic mass is 10.1. The van der Waals surface area contributed by atoms with Crippen LogP contribution in [0, 0.1) is 6.92 Å². The van der Waals surface area contributed by atoms with E-state index in [9.17, 15) is 8.42 Å². The zero-order chi connectivity index (χ0) is 17.1. The summed E-state index contributed by atoms with van der Waals surface area (Å²) >= 11 is 0. The molecule has 0 aliphatic rings. The van der Waals surface area contributed by atoms with Gasteiger partial charge in [0, 0.05) is 5.56 Å². The molecule has 0 amide bonds. The molecule has 124 valence electrons. The first kappa shape index (κ1) is 17.5. The maximum atomic E-state index is 12.5. The Hall–Kier alpha value is -1.85. The van der Waals surface area contributed by atoms with E-state index in [1.54, 1.807) is 30.3 Å². The van der Waals surface area contributed by atoms with Crippen molar-refractivity contribution in [1.29, 1.82) is 0 Å². The van der Waals surface area contributed by atoms with Gasteiger partial charge in [-0.25, -0.2) is 8.42 Å². The highest BCUT2D eigenvalue weighted by Gasteiger charge is 2.18. The van der Waals surface area contributed by atoms with Crippen LogP contribution >= 0.6 is 0 Å². The second-order valence-corrected chi connectivity index (χ2v) is 8.53. The zero-order valence-electron chi connectivity index (χ0n) is 14.1. The topological polar surface area (TPSA) is 62.8 Å². The van der Waals surface area contributed by atoms with E-state index in [1.807, 2.05) is 25.1 Å². The molecule has 0 radical (unpaired) electrons. The Balaban J connectivity index is 2.24. The minimum absolute atomic E-state index is 0.0863. The van der Waals surface area contributed by atoms with E-state index < -0.39 is 10.0 Å². The Bertz CT molecular complexity index is 760. The highest BCUT2D eigenvalue weighted by atomic mass is 32.2. The van der Waals surface area contributed by atoms with Gasteiger partial charge in [-0.3, -0.25) is 4.72 Å². The Morgan fingerprint density at radius 3 is 2.22 bits per heavy atom. The van der Waals surface area contributed by atoms with Crippen molar-refractivity contribution in [3.8, 4) is 0 Å². The minimum Gasteiger partial charge on any atom is -0.338 e. The number of hydrogen-bond donors (Lipinski definition) is 2. The van der Waals surface area contributed by atoms with Crippen LogP contribution in [-0.4, -0.2) is 14.0 Å². The van der Waals surface area contributed by atoms with Crippen molar-refractivity contribution in [2.75, 3.05) is 4.72 Å². The molecule has 4 nitrogen and oxygen atoms in total. The van der Waals surface area contributed by atoms with Crippen molar-refractivity contribution in [3.63, 3.8) is 0 Å². The maximum absolute atomic E-state index is 12.5. The Morgan fingerprint density at radius 1 is 1.00 bits per heavy atom. The molecular formula is C18H25N2O2S+. The van der Waals surface area contributed by atoms with Crippen molar-refractivity contribution in [1.82, 2.24) is 0 Å². The molecule has 23 heavy (non-hydrogen) atoms. The molecular weight excluding hydrogens is 308 g/mol. The monoisotopic (exact) mass is 333 g/mol. The number of nitrogens with one attached hydrogen (secondary N) is 1. The first-order chi connectivity index (χ1) is 10.7. The van der Waals surface area contributed by atoms with Crippen LogP contribution in [0.4, 0.5) is 5.69 Å². The van der Waals surface area contributed by atoms with Crippen LogP contribution < -0.4 is 10.0 Å². The molecule has 0 aliphatic carbocycles. The third kappa shape index (κ3) is 5.08. The van der Waals surface area contributed by atoms with Gasteiger partial charge < -0.3 is 5.32 Å². The molecule has 0 spiro atoms. The average Bonchev–Trinajstić information content (AvgIpc) is 2.45. The van der Waals surface area contributed by atoms with Crippen LogP contribution in [-0.2, 0) is 16.6 Å². The van der Waals surface area contributed by atoms with E-state index in [2.05, 4.69) is 30.8 Å². The lowest BCUT2D eigenvalue weighted by molar-refractivity contribution is -0.731. The van der Waals surface area contributed by atoms with Gasteiger partial charge in [-0.15, -0.1) is 0 Å². The highest BCUT2D eigenvalue weighted by Crippen LogP contribution is 2.20. The first-order valence-corrected chi connectivity index (χ1v) is 9.17. The molecule has 0 atom stereocenters. The van der Waals surface area contributed by atoms with E-state index in [1.165, 1.54) is 0 Å². The van der Waals surface area contributed by atoms with Crippen molar-refractivity contribution in [3.05, 3.63) is 59.7 Å². The molecule has 0 aliphatic heterocycles. The summed E-state index contributed by atoms with van der Waals surface area (Å²) < 4.78 is 27.8. The van der Waals surface area contributed by atoms with E-state index in [-0.39, 0.29) is 10.4 Å². The fraction of sp³-hybridized carbons (Fsp3) is 0.333. The molecule has 5 heteroatoms. The summed E-state index contributed by atoms with van der Waals surface area (Å²) in [4.78, 5) is 0.276. The number of anilines is 1. The predicted molar refractivity (Wildman–Crippen MR) is 93.8 cm³/mol. The summed E-state index contributed by atoms with van der Waals surface area (Å²) in [5.41, 5.74) is 2.72. The van der Waals surface area contributed by atoms with Crippen LogP contribution in [0.25, 0.3) is 0 Å². The van der Waals surface area contributed by atoms with Crippen LogP contribution in [0.5, 0.6) is 0 Å². The van der Waals surface area contributed by atoms with Crippen molar-refractivity contribution >= 4 is 15.7 Å². The molecule has 0 fully saturated rings. The van der Waals surface area contributed by atoms with Gasteiger partial charge >= 0.3 is 0 Å². The molecule has 0 saturated carbocycles. The molecule has 2 aromatic carbocycles. The number of sulfonamides is 1. The van der Waals surface area contributed by atoms with Crippen molar-refractivity contribution in [2.24, 2.45) is 0 Å². The Morgan fingerprint density at radius 2 is 1.61 bits per heavy atom. The molecule has 0 aromatic heterocycles. The third-order valence-corrected chi connectivity index (χ3v) is 4.91. The van der Waals surface area contributed by atoms with Crippen molar-refractivity contribution < 1.29 is 13.7 Å². The number of nitrogens with two attached hydrogens (primary N) is 1. The smallest absolute Gasteiger partial charge is 0.261 e. The summed E-state index contributed by atoms with van der Waals surface area (Å²) in [6.07, 6.45) is 0. The van der Waals surface area contributed by atoms with Crippen LogP contribution in [0.3, 0.4) is 0 Å². The average molecular weight is 333 g/mol. The first-order valence-electron chi connectivity index (χ1n) is 7.69. The van der Waals surface area contributed by atoms with Gasteiger partial charge in [0.15, 0.2) is 0 Å². The Labute approximate surface area is 139 Å². The van der Waals surface area contributed by atoms with Gasteiger partial charge in [-0.1, -0.05) is 35.9 Å². The number of quaternary nitrogens is 1. The quantitative estimate of drug-likeness (QED) is 0.883.